The van der Waals surface area contributed by atoms with E-state index in [9.17, 15) is 4.79 Å². The maximum absolute atomic E-state index is 11.2. The number of nitrogens with zero attached hydrogens (tertiary/aromatic N) is 1. The van der Waals surface area contributed by atoms with Crippen molar-refractivity contribution in [2.24, 2.45) is 0 Å². The number of benzene rings is 1. The number of carbonyl (C=O) groups is 1. The maximum Gasteiger partial charge on any atom is 0.355 e. The van der Waals surface area contributed by atoms with E-state index in [2.05, 4.69) is 4.98 Å². The van der Waals surface area contributed by atoms with Gasteiger partial charge in [-0.1, -0.05) is 29.3 Å². The molecule has 0 unspecified atom stereocenters. The minimum absolute atomic E-state index is 0.0744. The molecule has 0 aliphatic rings. The van der Waals surface area contributed by atoms with Gasteiger partial charge in [-0.15, -0.1) is 0 Å². The van der Waals surface area contributed by atoms with E-state index in [-0.39, 0.29) is 5.69 Å². The number of aromatic carboxylic acids is 1. The lowest BCUT2D eigenvalue weighted by Crippen LogP contribution is -2.03. The van der Waals surface area contributed by atoms with Gasteiger partial charge in [0, 0.05) is 23.4 Å². The van der Waals surface area contributed by atoms with E-state index in [1.54, 1.807) is 24.3 Å². The first-order valence-corrected chi connectivity index (χ1v) is 6.60. The monoisotopic (exact) mass is 311 g/mol. The van der Waals surface area contributed by atoms with Gasteiger partial charge in [-0.2, -0.15) is 0 Å². The molecule has 0 aliphatic carbocycles. The summed E-state index contributed by atoms with van der Waals surface area (Å²) in [7, 11) is 0. The van der Waals surface area contributed by atoms with Crippen LogP contribution in [0.25, 0.3) is 11.1 Å². The summed E-state index contributed by atoms with van der Waals surface area (Å²) in [4.78, 5) is 15.0. The second-order valence-corrected chi connectivity index (χ2v) is 4.71. The predicted molar refractivity (Wildman–Crippen MR) is 77.8 cm³/mol. The van der Waals surface area contributed by atoms with Crippen molar-refractivity contribution in [3.63, 3.8) is 0 Å². The zero-order chi connectivity index (χ0) is 14.7. The van der Waals surface area contributed by atoms with Crippen LogP contribution in [-0.4, -0.2) is 22.7 Å². The van der Waals surface area contributed by atoms with Crippen LogP contribution in [0, 0.1) is 0 Å². The molecule has 1 aromatic carbocycles. The second-order valence-electron chi connectivity index (χ2n) is 3.90. The topological polar surface area (TPSA) is 59.4 Å². The Hall–Kier alpha value is -1.78. The summed E-state index contributed by atoms with van der Waals surface area (Å²) >= 11 is 12.3. The second kappa shape index (κ2) is 6.11. The normalized spacial score (nSPS) is 10.3. The van der Waals surface area contributed by atoms with Crippen LogP contribution in [0.3, 0.4) is 0 Å². The summed E-state index contributed by atoms with van der Waals surface area (Å²) in [5.74, 6) is -0.662. The highest BCUT2D eigenvalue weighted by Crippen LogP contribution is 2.37. The first kappa shape index (κ1) is 14.6. The largest absolute Gasteiger partial charge is 0.492 e. The fourth-order valence-corrected chi connectivity index (χ4v) is 2.27. The van der Waals surface area contributed by atoms with Gasteiger partial charge in [-0.05, 0) is 19.1 Å². The molecule has 2 aromatic rings. The number of rotatable bonds is 4. The fraction of sp³-hybridized carbons (Fsp3) is 0.143. The molecular formula is C14H11Cl2NO3. The Morgan fingerprint density at radius 3 is 2.70 bits per heavy atom. The van der Waals surface area contributed by atoms with Gasteiger partial charge in [0.05, 0.1) is 16.7 Å². The third kappa shape index (κ3) is 2.86. The Bertz CT molecular complexity index is 659. The highest BCUT2D eigenvalue weighted by atomic mass is 35.5. The molecule has 1 N–H and O–H groups in total. The molecule has 0 fully saturated rings. The molecule has 1 heterocycles. The minimum Gasteiger partial charge on any atom is -0.492 e. The molecule has 6 heteroatoms. The third-order valence-electron chi connectivity index (χ3n) is 2.62. The molecule has 2 rings (SSSR count). The number of halogens is 2. The number of ether oxygens (including phenoxy) is 1. The standard InChI is InChI=1S/C14H11Cl2NO3/c1-2-20-12-7-10(15)9(6-11(12)16)8-4-3-5-17-13(8)14(18)19/h3-7H,2H2,1H3,(H,18,19). The van der Waals surface area contributed by atoms with Crippen LogP contribution >= 0.6 is 23.2 Å². The number of carboxylic acids is 1. The quantitative estimate of drug-likeness (QED) is 0.921. The molecule has 0 saturated heterocycles. The van der Waals surface area contributed by atoms with E-state index in [0.29, 0.717) is 33.5 Å². The molecule has 20 heavy (non-hydrogen) atoms. The Morgan fingerprint density at radius 2 is 2.05 bits per heavy atom. The number of hydrogen-bond donors (Lipinski definition) is 1. The molecule has 0 aliphatic heterocycles. The fourth-order valence-electron chi connectivity index (χ4n) is 1.79. The van der Waals surface area contributed by atoms with Crippen LogP contribution in [0.2, 0.25) is 10.0 Å². The van der Waals surface area contributed by atoms with Gasteiger partial charge in [0.1, 0.15) is 5.75 Å². The lowest BCUT2D eigenvalue weighted by atomic mass is 10.0. The summed E-state index contributed by atoms with van der Waals surface area (Å²) in [6, 6.07) is 6.43. The zero-order valence-corrected chi connectivity index (χ0v) is 12.1. The number of aromatic nitrogens is 1. The van der Waals surface area contributed by atoms with Gasteiger partial charge in [0.15, 0.2) is 5.69 Å². The Balaban J connectivity index is 2.59. The molecule has 4 nitrogen and oxygen atoms in total. The minimum atomic E-state index is -1.12. The first-order valence-electron chi connectivity index (χ1n) is 5.85. The smallest absolute Gasteiger partial charge is 0.355 e. The van der Waals surface area contributed by atoms with Crippen molar-refractivity contribution in [3.8, 4) is 16.9 Å². The summed E-state index contributed by atoms with van der Waals surface area (Å²) in [6.45, 7) is 2.30. The molecule has 104 valence electrons. The van der Waals surface area contributed by atoms with Crippen molar-refractivity contribution in [3.05, 3.63) is 46.2 Å². The van der Waals surface area contributed by atoms with E-state index >= 15 is 0 Å². The van der Waals surface area contributed by atoms with Crippen LogP contribution < -0.4 is 4.74 Å². The number of carboxylic acid groups (broad SMARTS) is 1. The number of hydrogen-bond acceptors (Lipinski definition) is 3. The molecule has 0 atom stereocenters. The van der Waals surface area contributed by atoms with Crippen molar-refractivity contribution in [1.82, 2.24) is 4.98 Å². The summed E-state index contributed by atoms with van der Waals surface area (Å²) in [5, 5.41) is 9.88. The van der Waals surface area contributed by atoms with E-state index in [1.165, 1.54) is 6.20 Å². The van der Waals surface area contributed by atoms with Crippen molar-refractivity contribution in [1.29, 1.82) is 0 Å². The van der Waals surface area contributed by atoms with E-state index < -0.39 is 5.97 Å². The van der Waals surface area contributed by atoms with Gasteiger partial charge in [-0.3, -0.25) is 0 Å². The molecule has 0 radical (unpaired) electrons. The van der Waals surface area contributed by atoms with E-state index in [0.717, 1.165) is 0 Å². The molecule has 0 saturated carbocycles. The van der Waals surface area contributed by atoms with Crippen LogP contribution in [0.5, 0.6) is 5.75 Å². The highest BCUT2D eigenvalue weighted by Gasteiger charge is 2.17. The third-order valence-corrected chi connectivity index (χ3v) is 3.23. The molecule has 0 amide bonds. The molecular weight excluding hydrogens is 301 g/mol. The van der Waals surface area contributed by atoms with Gasteiger partial charge in [0.2, 0.25) is 0 Å². The first-order chi connectivity index (χ1) is 9.54. The van der Waals surface area contributed by atoms with Crippen LogP contribution in [-0.2, 0) is 0 Å². The van der Waals surface area contributed by atoms with Crippen molar-refractivity contribution in [2.75, 3.05) is 6.61 Å². The zero-order valence-electron chi connectivity index (χ0n) is 10.6. The lowest BCUT2D eigenvalue weighted by molar-refractivity contribution is 0.0691. The maximum atomic E-state index is 11.2. The highest BCUT2D eigenvalue weighted by molar-refractivity contribution is 6.36. The van der Waals surface area contributed by atoms with Gasteiger partial charge in [-0.25, -0.2) is 9.78 Å². The molecule has 0 spiro atoms. The van der Waals surface area contributed by atoms with Crippen LogP contribution in [0.4, 0.5) is 0 Å². The average Bonchev–Trinajstić information content (AvgIpc) is 2.42. The average molecular weight is 312 g/mol. The van der Waals surface area contributed by atoms with Crippen molar-refractivity contribution < 1.29 is 14.6 Å². The van der Waals surface area contributed by atoms with E-state index in [1.807, 2.05) is 6.92 Å². The van der Waals surface area contributed by atoms with Crippen molar-refractivity contribution >= 4 is 29.2 Å². The Morgan fingerprint density at radius 1 is 1.30 bits per heavy atom. The Labute approximate surface area is 125 Å². The molecule has 1 aromatic heterocycles. The number of pyridine rings is 1. The summed E-state index contributed by atoms with van der Waals surface area (Å²) in [6.07, 6.45) is 1.41. The van der Waals surface area contributed by atoms with Crippen molar-refractivity contribution in [2.45, 2.75) is 6.92 Å². The summed E-state index contributed by atoms with van der Waals surface area (Å²) in [5.41, 5.74) is 0.843. The molecule has 0 bridgehead atoms. The van der Waals surface area contributed by atoms with Gasteiger partial charge >= 0.3 is 5.97 Å². The SMILES string of the molecule is CCOc1cc(Cl)c(-c2cccnc2C(=O)O)cc1Cl. The van der Waals surface area contributed by atoms with Gasteiger partial charge < -0.3 is 9.84 Å². The Kier molecular flexibility index (Phi) is 4.47. The van der Waals surface area contributed by atoms with E-state index in [4.69, 9.17) is 33.0 Å². The van der Waals surface area contributed by atoms with Crippen LogP contribution in [0.1, 0.15) is 17.4 Å². The summed E-state index contributed by atoms with van der Waals surface area (Å²) < 4.78 is 5.34. The lowest BCUT2D eigenvalue weighted by Gasteiger charge is -2.11. The predicted octanol–water partition coefficient (Wildman–Crippen LogP) is 4.15. The van der Waals surface area contributed by atoms with Gasteiger partial charge in [0.25, 0.3) is 0 Å². The van der Waals surface area contributed by atoms with Crippen LogP contribution in [0.15, 0.2) is 30.5 Å².